The summed E-state index contributed by atoms with van der Waals surface area (Å²) in [5, 5.41) is 0. The number of rotatable bonds is 2. The molecule has 0 amide bonds. The van der Waals surface area contributed by atoms with Gasteiger partial charge < -0.3 is 4.90 Å². The monoisotopic (exact) mass is 167 g/mol. The molecule has 0 unspecified atom stereocenters. The van der Waals surface area contributed by atoms with Crippen LogP contribution in [-0.2, 0) is 0 Å². The van der Waals surface area contributed by atoms with Crippen LogP contribution >= 0.6 is 0 Å². The molecule has 0 atom stereocenters. The van der Waals surface area contributed by atoms with E-state index in [1.165, 1.54) is 37.8 Å². The Hall–Kier alpha value is -0.460. The van der Waals surface area contributed by atoms with Gasteiger partial charge in [-0.25, -0.2) is 0 Å². The molecule has 1 aliphatic rings. The predicted molar refractivity (Wildman–Crippen MR) is 54.0 cm³/mol. The summed E-state index contributed by atoms with van der Waals surface area (Å²) in [6.45, 7) is 2.16. The van der Waals surface area contributed by atoms with Gasteiger partial charge in [0.15, 0.2) is 0 Å². The van der Waals surface area contributed by atoms with Gasteiger partial charge in [-0.2, -0.15) is 0 Å². The Morgan fingerprint density at radius 3 is 2.17 bits per heavy atom. The molecular formula is C11H21N. The fourth-order valence-corrected chi connectivity index (χ4v) is 2.26. The van der Waals surface area contributed by atoms with Crippen LogP contribution in [0, 0.1) is 5.92 Å². The lowest BCUT2D eigenvalue weighted by molar-refractivity contribution is 0.331. The second-order valence-electron chi connectivity index (χ2n) is 3.94. The van der Waals surface area contributed by atoms with Crippen LogP contribution in [0.3, 0.4) is 0 Å². The fourth-order valence-electron chi connectivity index (χ4n) is 2.26. The lowest BCUT2D eigenvalue weighted by Gasteiger charge is -2.29. The lowest BCUT2D eigenvalue weighted by Crippen LogP contribution is -2.21. The van der Waals surface area contributed by atoms with E-state index in [-0.39, 0.29) is 0 Å². The molecule has 0 aliphatic heterocycles. The Labute approximate surface area is 76.5 Å². The molecule has 1 saturated carbocycles. The van der Waals surface area contributed by atoms with Crippen molar-refractivity contribution in [2.45, 2.75) is 39.0 Å². The smallest absolute Gasteiger partial charge is 0.0116 e. The summed E-state index contributed by atoms with van der Waals surface area (Å²) in [6.07, 6.45) is 9.37. The van der Waals surface area contributed by atoms with Crippen molar-refractivity contribution >= 4 is 0 Å². The number of nitrogens with zero attached hydrogens (tertiary/aromatic N) is 1. The molecular weight excluding hydrogens is 146 g/mol. The van der Waals surface area contributed by atoms with Gasteiger partial charge in [0.1, 0.15) is 0 Å². The normalized spacial score (nSPS) is 21.1. The van der Waals surface area contributed by atoms with Crippen LogP contribution in [0.1, 0.15) is 39.0 Å². The first-order chi connectivity index (χ1) is 5.75. The van der Waals surface area contributed by atoms with Gasteiger partial charge in [-0.15, -0.1) is 0 Å². The molecule has 12 heavy (non-hydrogen) atoms. The topological polar surface area (TPSA) is 3.24 Å². The zero-order valence-corrected chi connectivity index (χ0v) is 8.64. The number of allylic oxidation sites excluding steroid dienone is 2. The molecule has 0 heterocycles. The van der Waals surface area contributed by atoms with Crippen LogP contribution in [0.15, 0.2) is 11.8 Å². The molecule has 1 rings (SSSR count). The van der Waals surface area contributed by atoms with Crippen LogP contribution < -0.4 is 0 Å². The van der Waals surface area contributed by atoms with Gasteiger partial charge >= 0.3 is 0 Å². The molecule has 70 valence electrons. The minimum absolute atomic E-state index is 0.846. The van der Waals surface area contributed by atoms with Gasteiger partial charge in [-0.1, -0.05) is 25.3 Å². The molecule has 0 aromatic rings. The second-order valence-corrected chi connectivity index (χ2v) is 3.94. The fraction of sp³-hybridized carbons (Fsp3) is 0.818. The summed E-state index contributed by atoms with van der Waals surface area (Å²) in [5.74, 6) is 0.846. The molecule has 0 bridgehead atoms. The number of hydrogen-bond acceptors (Lipinski definition) is 1. The van der Waals surface area contributed by atoms with Gasteiger partial charge in [0.2, 0.25) is 0 Å². The van der Waals surface area contributed by atoms with E-state index >= 15 is 0 Å². The highest BCUT2D eigenvalue weighted by atomic mass is 15.1. The molecule has 1 heteroatoms. The largest absolute Gasteiger partial charge is 0.381 e. The van der Waals surface area contributed by atoms with Crippen molar-refractivity contribution in [3.8, 4) is 0 Å². The molecule has 0 N–H and O–H groups in total. The van der Waals surface area contributed by atoms with E-state index in [4.69, 9.17) is 0 Å². The zero-order chi connectivity index (χ0) is 8.97. The van der Waals surface area contributed by atoms with Crippen molar-refractivity contribution in [3.05, 3.63) is 11.8 Å². The molecule has 1 nitrogen and oxygen atoms in total. The quantitative estimate of drug-likeness (QED) is 0.611. The molecule has 0 saturated heterocycles. The van der Waals surface area contributed by atoms with Crippen LogP contribution in [0.4, 0.5) is 0 Å². The summed E-state index contributed by atoms with van der Waals surface area (Å²) in [7, 11) is 4.31. The first-order valence-electron chi connectivity index (χ1n) is 5.09. The van der Waals surface area contributed by atoms with Crippen LogP contribution in [0.5, 0.6) is 0 Å². The van der Waals surface area contributed by atoms with E-state index in [0.717, 1.165) is 5.92 Å². The first kappa shape index (κ1) is 9.63. The van der Waals surface area contributed by atoms with Crippen molar-refractivity contribution in [1.29, 1.82) is 0 Å². The predicted octanol–water partition coefficient (Wildman–Crippen LogP) is 3.03. The highest BCUT2D eigenvalue weighted by Gasteiger charge is 2.17. The summed E-state index contributed by atoms with van der Waals surface area (Å²) in [5.41, 5.74) is 1.54. The maximum atomic E-state index is 2.27. The molecule has 1 aliphatic carbocycles. The van der Waals surface area contributed by atoms with Crippen LogP contribution in [0.2, 0.25) is 0 Å². The van der Waals surface area contributed by atoms with E-state index < -0.39 is 0 Å². The van der Waals surface area contributed by atoms with Gasteiger partial charge in [0, 0.05) is 19.8 Å². The Balaban J connectivity index is 2.53. The first-order valence-corrected chi connectivity index (χ1v) is 5.09. The van der Waals surface area contributed by atoms with Crippen molar-refractivity contribution < 1.29 is 0 Å². The van der Waals surface area contributed by atoms with Crippen molar-refractivity contribution in [2.24, 2.45) is 5.92 Å². The van der Waals surface area contributed by atoms with Gasteiger partial charge in [-0.05, 0) is 25.7 Å². The van der Waals surface area contributed by atoms with Crippen molar-refractivity contribution in [2.75, 3.05) is 14.1 Å². The standard InChI is InChI=1S/C11H21N/c1-4-11(12(2)3)10-8-6-5-7-9-10/h4,10H,5-9H2,1-3H3/b11-4-. The second kappa shape index (κ2) is 4.54. The average molecular weight is 167 g/mol. The maximum absolute atomic E-state index is 2.27. The third kappa shape index (κ3) is 2.26. The van der Waals surface area contributed by atoms with E-state index in [9.17, 15) is 0 Å². The molecule has 0 aromatic heterocycles. The third-order valence-electron chi connectivity index (χ3n) is 2.84. The Bertz CT molecular complexity index is 152. The third-order valence-corrected chi connectivity index (χ3v) is 2.84. The lowest BCUT2D eigenvalue weighted by atomic mass is 9.86. The minimum Gasteiger partial charge on any atom is -0.381 e. The van der Waals surface area contributed by atoms with Crippen LogP contribution in [0.25, 0.3) is 0 Å². The Kier molecular flexibility index (Phi) is 3.64. The molecule has 1 fully saturated rings. The van der Waals surface area contributed by atoms with E-state index in [1.807, 2.05) is 0 Å². The van der Waals surface area contributed by atoms with Crippen molar-refractivity contribution in [3.63, 3.8) is 0 Å². The van der Waals surface area contributed by atoms with Gasteiger partial charge in [-0.3, -0.25) is 0 Å². The van der Waals surface area contributed by atoms with E-state index in [2.05, 4.69) is 32.0 Å². The Morgan fingerprint density at radius 2 is 1.75 bits per heavy atom. The highest BCUT2D eigenvalue weighted by molar-refractivity contribution is 5.03. The van der Waals surface area contributed by atoms with Gasteiger partial charge in [0.25, 0.3) is 0 Å². The van der Waals surface area contributed by atoms with E-state index in [0.29, 0.717) is 0 Å². The summed E-state index contributed by atoms with van der Waals surface area (Å²) >= 11 is 0. The molecule has 0 spiro atoms. The maximum Gasteiger partial charge on any atom is 0.0116 e. The summed E-state index contributed by atoms with van der Waals surface area (Å²) in [6, 6.07) is 0. The average Bonchev–Trinajstić information content (AvgIpc) is 2.07. The molecule has 0 radical (unpaired) electrons. The van der Waals surface area contributed by atoms with E-state index in [1.54, 1.807) is 0 Å². The zero-order valence-electron chi connectivity index (χ0n) is 8.64. The minimum atomic E-state index is 0.846. The van der Waals surface area contributed by atoms with Gasteiger partial charge in [0.05, 0.1) is 0 Å². The number of hydrogen-bond donors (Lipinski definition) is 0. The molecule has 0 aromatic carbocycles. The van der Waals surface area contributed by atoms with Crippen LogP contribution in [-0.4, -0.2) is 19.0 Å². The highest BCUT2D eigenvalue weighted by Crippen LogP contribution is 2.30. The summed E-state index contributed by atoms with van der Waals surface area (Å²) < 4.78 is 0. The van der Waals surface area contributed by atoms with Crippen molar-refractivity contribution in [1.82, 2.24) is 4.90 Å². The summed E-state index contributed by atoms with van der Waals surface area (Å²) in [4.78, 5) is 2.27. The Morgan fingerprint density at radius 1 is 1.17 bits per heavy atom. The SMILES string of the molecule is C/C=C(/C1CCCCC1)N(C)C.